The number of carbonyl (C=O) groups excluding carboxylic acids is 1. The zero-order valence-electron chi connectivity index (χ0n) is 19.9. The number of methoxy groups -OCH3 is 2. The second kappa shape index (κ2) is 11.2. The molecule has 0 aliphatic rings. The Bertz CT molecular complexity index is 1190. The molecule has 0 saturated carbocycles. The van der Waals surface area contributed by atoms with Crippen LogP contribution in [0.15, 0.2) is 70.2 Å². The lowest BCUT2D eigenvalue weighted by Crippen LogP contribution is -2.42. The molecular formula is C25H30N2O6S. The number of likely N-dealkylation sites (N-methyl/N-ethyl adjacent to an activating group) is 1. The normalized spacial score (nSPS) is 11.4. The Hall–Kier alpha value is -3.30. The molecule has 3 aromatic rings. The van der Waals surface area contributed by atoms with Gasteiger partial charge in [-0.3, -0.25) is 4.79 Å². The van der Waals surface area contributed by atoms with E-state index in [-0.39, 0.29) is 23.9 Å². The Morgan fingerprint density at radius 3 is 2.26 bits per heavy atom. The summed E-state index contributed by atoms with van der Waals surface area (Å²) in [7, 11) is -0.828. The maximum atomic E-state index is 13.4. The van der Waals surface area contributed by atoms with E-state index in [1.807, 2.05) is 19.9 Å². The minimum Gasteiger partial charge on any atom is -0.493 e. The highest BCUT2D eigenvalue weighted by Gasteiger charge is 2.29. The zero-order chi connectivity index (χ0) is 24.7. The van der Waals surface area contributed by atoms with E-state index < -0.39 is 10.0 Å². The number of aryl methyl sites for hydroxylation is 1. The number of furan rings is 1. The molecule has 0 atom stereocenters. The van der Waals surface area contributed by atoms with Crippen LogP contribution in [0.1, 0.15) is 23.8 Å². The van der Waals surface area contributed by atoms with Crippen molar-refractivity contribution in [2.24, 2.45) is 0 Å². The number of nitrogens with zero attached hydrogens (tertiary/aromatic N) is 2. The number of hydrogen-bond donors (Lipinski definition) is 0. The molecule has 34 heavy (non-hydrogen) atoms. The van der Waals surface area contributed by atoms with E-state index >= 15 is 0 Å². The molecule has 0 N–H and O–H groups in total. The molecule has 1 amide bonds. The summed E-state index contributed by atoms with van der Waals surface area (Å²) in [5.41, 5.74) is 1.78. The molecule has 0 aliphatic carbocycles. The molecule has 0 unspecified atom stereocenters. The lowest BCUT2D eigenvalue weighted by atomic mass is 10.2. The third-order valence-corrected chi connectivity index (χ3v) is 7.24. The molecule has 0 bridgehead atoms. The van der Waals surface area contributed by atoms with E-state index in [2.05, 4.69) is 0 Å². The van der Waals surface area contributed by atoms with Gasteiger partial charge in [0.2, 0.25) is 15.9 Å². The summed E-state index contributed by atoms with van der Waals surface area (Å²) in [4.78, 5) is 15.0. The summed E-state index contributed by atoms with van der Waals surface area (Å²) in [6, 6.07) is 15.4. The molecule has 0 spiro atoms. The molecule has 2 aromatic carbocycles. The van der Waals surface area contributed by atoms with Gasteiger partial charge in [-0.25, -0.2) is 8.42 Å². The number of rotatable bonds is 11. The minimum absolute atomic E-state index is 0.0527. The van der Waals surface area contributed by atoms with Crippen LogP contribution in [0.4, 0.5) is 0 Å². The predicted octanol–water partition coefficient (Wildman–Crippen LogP) is 3.84. The molecule has 0 saturated heterocycles. The van der Waals surface area contributed by atoms with E-state index in [0.717, 1.165) is 15.4 Å². The fraction of sp³-hybridized carbons (Fsp3) is 0.320. The van der Waals surface area contributed by atoms with Crippen molar-refractivity contribution in [3.63, 3.8) is 0 Å². The third kappa shape index (κ3) is 5.98. The van der Waals surface area contributed by atoms with Gasteiger partial charge in [0.05, 0.1) is 38.5 Å². The number of carbonyl (C=O) groups is 1. The molecule has 3 rings (SSSR count). The Balaban J connectivity index is 1.84. The molecule has 9 heteroatoms. The van der Waals surface area contributed by atoms with Crippen LogP contribution < -0.4 is 9.47 Å². The fourth-order valence-corrected chi connectivity index (χ4v) is 4.84. The van der Waals surface area contributed by atoms with Gasteiger partial charge in [0.1, 0.15) is 5.76 Å². The second-order valence-electron chi connectivity index (χ2n) is 7.76. The van der Waals surface area contributed by atoms with E-state index in [1.165, 1.54) is 6.26 Å². The van der Waals surface area contributed by atoms with E-state index in [1.54, 1.807) is 67.7 Å². The number of amides is 1. The van der Waals surface area contributed by atoms with Crippen LogP contribution >= 0.6 is 0 Å². The average Bonchev–Trinajstić information content (AvgIpc) is 3.35. The van der Waals surface area contributed by atoms with Crippen molar-refractivity contribution in [2.75, 3.05) is 27.3 Å². The van der Waals surface area contributed by atoms with Crippen LogP contribution in [0.3, 0.4) is 0 Å². The molecule has 1 aromatic heterocycles. The van der Waals surface area contributed by atoms with Crippen LogP contribution in [0.25, 0.3) is 0 Å². The third-order valence-electron chi connectivity index (χ3n) is 5.44. The molecule has 0 aliphatic heterocycles. The molecular weight excluding hydrogens is 456 g/mol. The van der Waals surface area contributed by atoms with E-state index in [9.17, 15) is 13.2 Å². The number of benzene rings is 2. The Labute approximate surface area is 200 Å². The number of hydrogen-bond acceptors (Lipinski definition) is 6. The van der Waals surface area contributed by atoms with E-state index in [4.69, 9.17) is 13.9 Å². The SMILES string of the molecule is CCN(Cc1ccc(OC)c(OC)c1)C(=O)CN(Cc1ccco1)S(=O)(=O)c1ccc(C)cc1. The van der Waals surface area contributed by atoms with E-state index in [0.29, 0.717) is 30.3 Å². The van der Waals surface area contributed by atoms with Gasteiger partial charge in [-0.05, 0) is 55.8 Å². The lowest BCUT2D eigenvalue weighted by molar-refractivity contribution is -0.131. The molecule has 8 nitrogen and oxygen atoms in total. The van der Waals surface area contributed by atoms with Gasteiger partial charge in [0.25, 0.3) is 0 Å². The van der Waals surface area contributed by atoms with Crippen LogP contribution in [0, 0.1) is 6.92 Å². The first-order chi connectivity index (χ1) is 16.3. The first kappa shape index (κ1) is 25.3. The van der Waals surface area contributed by atoms with Crippen molar-refractivity contribution in [3.8, 4) is 11.5 Å². The largest absolute Gasteiger partial charge is 0.493 e. The minimum atomic E-state index is -3.93. The monoisotopic (exact) mass is 486 g/mol. The van der Waals surface area contributed by atoms with Gasteiger partial charge in [0.15, 0.2) is 11.5 Å². The summed E-state index contributed by atoms with van der Waals surface area (Å²) >= 11 is 0. The van der Waals surface area contributed by atoms with Gasteiger partial charge in [0, 0.05) is 13.1 Å². The maximum Gasteiger partial charge on any atom is 0.243 e. The van der Waals surface area contributed by atoms with Crippen molar-refractivity contribution in [1.29, 1.82) is 0 Å². The lowest BCUT2D eigenvalue weighted by Gasteiger charge is -2.26. The van der Waals surface area contributed by atoms with Crippen molar-refractivity contribution >= 4 is 15.9 Å². The van der Waals surface area contributed by atoms with Crippen molar-refractivity contribution in [2.45, 2.75) is 31.8 Å². The highest BCUT2D eigenvalue weighted by molar-refractivity contribution is 7.89. The second-order valence-corrected chi connectivity index (χ2v) is 9.70. The highest BCUT2D eigenvalue weighted by atomic mass is 32.2. The first-order valence-electron chi connectivity index (χ1n) is 10.9. The number of ether oxygens (including phenoxy) is 2. The molecule has 0 fully saturated rings. The van der Waals surface area contributed by atoms with Gasteiger partial charge in [-0.2, -0.15) is 4.31 Å². The van der Waals surface area contributed by atoms with Crippen LogP contribution in [-0.2, 0) is 27.9 Å². The Kier molecular flexibility index (Phi) is 8.36. The topological polar surface area (TPSA) is 89.3 Å². The zero-order valence-corrected chi connectivity index (χ0v) is 20.7. The molecule has 1 heterocycles. The van der Waals surface area contributed by atoms with Crippen LogP contribution in [0.5, 0.6) is 11.5 Å². The van der Waals surface area contributed by atoms with Gasteiger partial charge in [-0.15, -0.1) is 0 Å². The number of sulfonamides is 1. The van der Waals surface area contributed by atoms with Crippen LogP contribution in [-0.4, -0.2) is 50.8 Å². The molecule has 182 valence electrons. The van der Waals surface area contributed by atoms with Crippen molar-refractivity contribution < 1.29 is 27.1 Å². The van der Waals surface area contributed by atoms with Crippen molar-refractivity contribution in [3.05, 3.63) is 77.7 Å². The average molecular weight is 487 g/mol. The summed E-state index contributed by atoms with van der Waals surface area (Å²) in [5.74, 6) is 1.28. The fourth-order valence-electron chi connectivity index (χ4n) is 3.49. The standard InChI is InChI=1S/C25H30N2O6S/c1-5-26(16-20-10-13-23(31-3)24(15-20)32-4)25(28)18-27(17-21-7-6-14-33-21)34(29,30)22-11-8-19(2)9-12-22/h6-15H,5,16-18H2,1-4H3. The first-order valence-corrected chi connectivity index (χ1v) is 12.3. The van der Waals surface area contributed by atoms with Gasteiger partial charge < -0.3 is 18.8 Å². The van der Waals surface area contributed by atoms with Crippen LogP contribution in [0.2, 0.25) is 0 Å². The summed E-state index contributed by atoms with van der Waals surface area (Å²) < 4.78 is 44.0. The summed E-state index contributed by atoms with van der Waals surface area (Å²) in [6.45, 7) is 4.07. The summed E-state index contributed by atoms with van der Waals surface area (Å²) in [6.07, 6.45) is 1.48. The predicted molar refractivity (Wildman–Crippen MR) is 128 cm³/mol. The quantitative estimate of drug-likeness (QED) is 0.409. The molecule has 0 radical (unpaired) electrons. The summed E-state index contributed by atoms with van der Waals surface area (Å²) in [5, 5.41) is 0. The van der Waals surface area contributed by atoms with Gasteiger partial charge >= 0.3 is 0 Å². The smallest absolute Gasteiger partial charge is 0.243 e. The maximum absolute atomic E-state index is 13.4. The Morgan fingerprint density at radius 1 is 0.971 bits per heavy atom. The van der Waals surface area contributed by atoms with Crippen molar-refractivity contribution in [1.82, 2.24) is 9.21 Å². The Morgan fingerprint density at radius 2 is 1.68 bits per heavy atom. The highest BCUT2D eigenvalue weighted by Crippen LogP contribution is 2.28. The van der Waals surface area contributed by atoms with Gasteiger partial charge in [-0.1, -0.05) is 23.8 Å².